The lowest BCUT2D eigenvalue weighted by Crippen LogP contribution is -2.23. The number of pyridine rings is 1. The smallest absolute Gasteiger partial charge is 0.267 e. The highest BCUT2D eigenvalue weighted by atomic mass is 16.1. The minimum atomic E-state index is -0.0996. The van der Waals surface area contributed by atoms with Gasteiger partial charge in [0.25, 0.3) is 5.91 Å². The Morgan fingerprint density at radius 3 is 2.80 bits per heavy atom. The molecule has 3 heterocycles. The van der Waals surface area contributed by atoms with Crippen molar-refractivity contribution in [3.63, 3.8) is 0 Å². The maximum absolute atomic E-state index is 12.4. The van der Waals surface area contributed by atoms with Crippen molar-refractivity contribution < 1.29 is 4.79 Å². The van der Waals surface area contributed by atoms with Crippen LogP contribution in [0.25, 0.3) is 10.9 Å². The van der Waals surface area contributed by atoms with E-state index in [1.54, 1.807) is 0 Å². The molecular formula is C20H22N4O. The molecule has 25 heavy (non-hydrogen) atoms. The van der Waals surface area contributed by atoms with Crippen LogP contribution in [0.4, 0.5) is 5.82 Å². The highest BCUT2D eigenvalue weighted by Crippen LogP contribution is 2.18. The summed E-state index contributed by atoms with van der Waals surface area (Å²) in [4.78, 5) is 22.4. The van der Waals surface area contributed by atoms with Gasteiger partial charge < -0.3 is 15.2 Å². The number of benzene rings is 1. The predicted octanol–water partition coefficient (Wildman–Crippen LogP) is 3.40. The van der Waals surface area contributed by atoms with Crippen LogP contribution in [0.2, 0.25) is 0 Å². The van der Waals surface area contributed by atoms with Crippen LogP contribution in [0.5, 0.6) is 0 Å². The van der Waals surface area contributed by atoms with Gasteiger partial charge in [-0.3, -0.25) is 4.79 Å². The second-order valence-corrected chi connectivity index (χ2v) is 6.68. The van der Waals surface area contributed by atoms with Gasteiger partial charge in [-0.25, -0.2) is 4.98 Å². The first-order chi connectivity index (χ1) is 12.2. The molecule has 0 bridgehead atoms. The van der Waals surface area contributed by atoms with Crippen LogP contribution >= 0.6 is 0 Å². The summed E-state index contributed by atoms with van der Waals surface area (Å²) in [6.45, 7) is 4.69. The van der Waals surface area contributed by atoms with Gasteiger partial charge in [0.05, 0.1) is 0 Å². The Morgan fingerprint density at radius 1 is 1.20 bits per heavy atom. The summed E-state index contributed by atoms with van der Waals surface area (Å²) < 4.78 is 0. The molecule has 1 fully saturated rings. The number of rotatable bonds is 4. The Hall–Kier alpha value is -2.82. The molecule has 1 aliphatic heterocycles. The molecule has 0 aliphatic carbocycles. The number of amides is 1. The van der Waals surface area contributed by atoms with E-state index in [2.05, 4.69) is 20.2 Å². The number of nitrogens with one attached hydrogen (secondary N) is 2. The zero-order chi connectivity index (χ0) is 17.2. The van der Waals surface area contributed by atoms with Crippen molar-refractivity contribution in [3.05, 3.63) is 59.4 Å². The van der Waals surface area contributed by atoms with Crippen LogP contribution in [-0.4, -0.2) is 29.0 Å². The van der Waals surface area contributed by atoms with E-state index in [0.29, 0.717) is 12.2 Å². The first-order valence-electron chi connectivity index (χ1n) is 8.76. The molecule has 1 aromatic carbocycles. The summed E-state index contributed by atoms with van der Waals surface area (Å²) in [6, 6.07) is 12.1. The lowest BCUT2D eigenvalue weighted by molar-refractivity contribution is 0.0946. The van der Waals surface area contributed by atoms with E-state index < -0.39 is 0 Å². The van der Waals surface area contributed by atoms with E-state index in [4.69, 9.17) is 0 Å². The Bertz CT molecular complexity index is 892. The molecule has 1 saturated heterocycles. The third kappa shape index (κ3) is 3.36. The Labute approximate surface area is 147 Å². The van der Waals surface area contributed by atoms with Crippen LogP contribution in [0.1, 0.15) is 34.5 Å². The predicted molar refractivity (Wildman–Crippen MR) is 99.9 cm³/mol. The second-order valence-electron chi connectivity index (χ2n) is 6.68. The topological polar surface area (TPSA) is 61.0 Å². The third-order valence-electron chi connectivity index (χ3n) is 4.71. The van der Waals surface area contributed by atoms with E-state index >= 15 is 0 Å². The van der Waals surface area contributed by atoms with Gasteiger partial charge in [0, 0.05) is 36.7 Å². The van der Waals surface area contributed by atoms with Gasteiger partial charge >= 0.3 is 0 Å². The van der Waals surface area contributed by atoms with Crippen molar-refractivity contribution in [2.75, 3.05) is 18.0 Å². The van der Waals surface area contributed by atoms with Crippen molar-refractivity contribution in [2.24, 2.45) is 0 Å². The fourth-order valence-electron chi connectivity index (χ4n) is 3.30. The first kappa shape index (κ1) is 15.7. The minimum absolute atomic E-state index is 0.0996. The summed E-state index contributed by atoms with van der Waals surface area (Å²) in [6.07, 6.45) is 4.33. The summed E-state index contributed by atoms with van der Waals surface area (Å²) >= 11 is 0. The Kier molecular flexibility index (Phi) is 4.14. The maximum Gasteiger partial charge on any atom is 0.267 e. The fourth-order valence-corrected chi connectivity index (χ4v) is 3.30. The monoisotopic (exact) mass is 334 g/mol. The van der Waals surface area contributed by atoms with Crippen molar-refractivity contribution in [3.8, 4) is 0 Å². The summed E-state index contributed by atoms with van der Waals surface area (Å²) in [5.74, 6) is 0.927. The van der Waals surface area contributed by atoms with Gasteiger partial charge in [0.2, 0.25) is 0 Å². The van der Waals surface area contributed by atoms with E-state index in [1.807, 2.05) is 49.5 Å². The SMILES string of the molecule is Cc1ccc2cc(C(=O)NCc3ccc(N4CCCC4)nc3)[nH]c2c1. The lowest BCUT2D eigenvalue weighted by Gasteiger charge is -2.16. The molecule has 4 rings (SSSR count). The summed E-state index contributed by atoms with van der Waals surface area (Å²) in [5, 5.41) is 4.00. The third-order valence-corrected chi connectivity index (χ3v) is 4.71. The molecule has 3 aromatic rings. The van der Waals surface area contributed by atoms with Crippen LogP contribution in [0.3, 0.4) is 0 Å². The van der Waals surface area contributed by atoms with Crippen LogP contribution in [0.15, 0.2) is 42.6 Å². The van der Waals surface area contributed by atoms with E-state index in [9.17, 15) is 4.79 Å². The number of carbonyl (C=O) groups excluding carboxylic acids is 1. The summed E-state index contributed by atoms with van der Waals surface area (Å²) in [5.41, 5.74) is 3.75. The van der Waals surface area contributed by atoms with Gasteiger partial charge in [-0.05, 0) is 49.1 Å². The highest BCUT2D eigenvalue weighted by molar-refractivity contribution is 5.98. The molecule has 0 radical (unpaired) electrons. The van der Waals surface area contributed by atoms with E-state index in [1.165, 1.54) is 18.4 Å². The standard InChI is InChI=1S/C20H22N4O/c1-14-4-6-16-11-18(23-17(16)10-14)20(25)22-13-15-5-7-19(21-12-15)24-8-2-3-9-24/h4-7,10-12,23H,2-3,8-9,13H2,1H3,(H,22,25). The number of aromatic nitrogens is 2. The van der Waals surface area contributed by atoms with Gasteiger partial charge in [-0.2, -0.15) is 0 Å². The Morgan fingerprint density at radius 2 is 2.04 bits per heavy atom. The molecule has 0 unspecified atom stereocenters. The molecular weight excluding hydrogens is 312 g/mol. The molecule has 2 aromatic heterocycles. The van der Waals surface area contributed by atoms with Crippen molar-refractivity contribution >= 4 is 22.6 Å². The fraction of sp³-hybridized carbons (Fsp3) is 0.300. The quantitative estimate of drug-likeness (QED) is 0.769. The van der Waals surface area contributed by atoms with Gasteiger partial charge in [0.1, 0.15) is 11.5 Å². The number of H-pyrrole nitrogens is 1. The first-order valence-corrected chi connectivity index (χ1v) is 8.76. The number of hydrogen-bond donors (Lipinski definition) is 2. The number of aryl methyl sites for hydroxylation is 1. The average molecular weight is 334 g/mol. The number of carbonyl (C=O) groups is 1. The van der Waals surface area contributed by atoms with Crippen LogP contribution in [0, 0.1) is 6.92 Å². The van der Waals surface area contributed by atoms with Crippen molar-refractivity contribution in [1.82, 2.24) is 15.3 Å². The number of nitrogens with zero attached hydrogens (tertiary/aromatic N) is 2. The van der Waals surface area contributed by atoms with E-state index in [-0.39, 0.29) is 5.91 Å². The van der Waals surface area contributed by atoms with Crippen LogP contribution in [-0.2, 0) is 6.54 Å². The largest absolute Gasteiger partial charge is 0.357 e. The molecule has 5 heteroatoms. The molecule has 1 amide bonds. The molecule has 2 N–H and O–H groups in total. The highest BCUT2D eigenvalue weighted by Gasteiger charge is 2.13. The van der Waals surface area contributed by atoms with Crippen molar-refractivity contribution in [2.45, 2.75) is 26.3 Å². The molecule has 0 saturated carbocycles. The zero-order valence-corrected chi connectivity index (χ0v) is 14.4. The van der Waals surface area contributed by atoms with E-state index in [0.717, 1.165) is 35.4 Å². The number of anilines is 1. The number of aromatic amines is 1. The number of fused-ring (bicyclic) bond motifs is 1. The Balaban J connectivity index is 1.40. The summed E-state index contributed by atoms with van der Waals surface area (Å²) in [7, 11) is 0. The van der Waals surface area contributed by atoms with Gasteiger partial charge in [-0.15, -0.1) is 0 Å². The molecule has 0 atom stereocenters. The zero-order valence-electron chi connectivity index (χ0n) is 14.4. The maximum atomic E-state index is 12.4. The minimum Gasteiger partial charge on any atom is -0.357 e. The van der Waals surface area contributed by atoms with Gasteiger partial charge in [0.15, 0.2) is 0 Å². The molecule has 128 valence electrons. The average Bonchev–Trinajstić information content (AvgIpc) is 3.29. The van der Waals surface area contributed by atoms with Gasteiger partial charge in [-0.1, -0.05) is 18.2 Å². The molecule has 5 nitrogen and oxygen atoms in total. The van der Waals surface area contributed by atoms with Crippen molar-refractivity contribution in [1.29, 1.82) is 0 Å². The molecule has 1 aliphatic rings. The normalized spacial score (nSPS) is 14.2. The van der Waals surface area contributed by atoms with Crippen LogP contribution < -0.4 is 10.2 Å². The molecule has 0 spiro atoms. The lowest BCUT2D eigenvalue weighted by atomic mass is 10.2. The second kappa shape index (κ2) is 6.59. The number of hydrogen-bond acceptors (Lipinski definition) is 3.